The monoisotopic (exact) mass is 308 g/mol. The van der Waals surface area contributed by atoms with E-state index in [2.05, 4.69) is 4.74 Å². The lowest BCUT2D eigenvalue weighted by atomic mass is 10.3. The van der Waals surface area contributed by atoms with Gasteiger partial charge in [0.1, 0.15) is 30.8 Å². The lowest BCUT2D eigenvalue weighted by Crippen LogP contribution is -2.27. The number of hydrogen-bond donors (Lipinski definition) is 1. The maximum absolute atomic E-state index is 11.8. The van der Waals surface area contributed by atoms with Crippen molar-refractivity contribution >= 4 is 0 Å². The van der Waals surface area contributed by atoms with Crippen LogP contribution in [0.15, 0.2) is 24.3 Å². The molecular formula is C14H19F3O4. The summed E-state index contributed by atoms with van der Waals surface area (Å²) >= 11 is 0. The first-order valence-corrected chi connectivity index (χ1v) is 6.48. The Kier molecular flexibility index (Phi) is 6.77. The molecule has 0 saturated carbocycles. The molecule has 0 fully saturated rings. The predicted molar refractivity (Wildman–Crippen MR) is 70.6 cm³/mol. The minimum Gasteiger partial charge on any atom is -0.491 e. The molecule has 21 heavy (non-hydrogen) atoms. The van der Waals surface area contributed by atoms with E-state index in [1.807, 2.05) is 13.8 Å². The summed E-state index contributed by atoms with van der Waals surface area (Å²) in [7, 11) is 0. The van der Waals surface area contributed by atoms with Gasteiger partial charge in [-0.1, -0.05) is 0 Å². The van der Waals surface area contributed by atoms with Crippen molar-refractivity contribution in [1.29, 1.82) is 0 Å². The van der Waals surface area contributed by atoms with Gasteiger partial charge in [0, 0.05) is 0 Å². The number of hydrogen-bond acceptors (Lipinski definition) is 4. The summed E-state index contributed by atoms with van der Waals surface area (Å²) in [6.07, 6.45) is -5.46. The van der Waals surface area contributed by atoms with Gasteiger partial charge in [0.15, 0.2) is 0 Å². The van der Waals surface area contributed by atoms with Gasteiger partial charge in [-0.05, 0) is 38.1 Å². The van der Waals surface area contributed by atoms with Crippen LogP contribution in [0.5, 0.6) is 11.5 Å². The third kappa shape index (κ3) is 8.41. The minimum atomic E-state index is -4.40. The Morgan fingerprint density at radius 2 is 1.62 bits per heavy atom. The predicted octanol–water partition coefficient (Wildman–Crippen LogP) is 2.79. The lowest BCUT2D eigenvalue weighted by molar-refractivity contribution is -0.179. The second-order valence-electron chi connectivity index (χ2n) is 4.73. The molecule has 1 atom stereocenters. The summed E-state index contributed by atoms with van der Waals surface area (Å²) in [5, 5.41) is 9.44. The van der Waals surface area contributed by atoms with Crippen molar-refractivity contribution in [2.45, 2.75) is 32.2 Å². The molecule has 0 aliphatic carbocycles. The van der Waals surface area contributed by atoms with Crippen LogP contribution in [-0.4, -0.2) is 43.3 Å². The highest BCUT2D eigenvalue weighted by Gasteiger charge is 2.27. The SMILES string of the molecule is CC(C)Oc1ccc(OCC(O)COCC(F)(F)F)cc1. The molecule has 4 nitrogen and oxygen atoms in total. The Morgan fingerprint density at radius 3 is 2.14 bits per heavy atom. The van der Waals surface area contributed by atoms with Crippen molar-refractivity contribution in [1.82, 2.24) is 0 Å². The molecule has 0 aromatic heterocycles. The molecule has 0 amide bonds. The first kappa shape index (κ1) is 17.6. The van der Waals surface area contributed by atoms with Gasteiger partial charge in [-0.25, -0.2) is 0 Å². The molecule has 7 heteroatoms. The van der Waals surface area contributed by atoms with Crippen LogP contribution in [0.4, 0.5) is 13.2 Å². The van der Waals surface area contributed by atoms with Gasteiger partial charge in [-0.2, -0.15) is 13.2 Å². The topological polar surface area (TPSA) is 47.9 Å². The summed E-state index contributed by atoms with van der Waals surface area (Å²) in [5.74, 6) is 1.17. The van der Waals surface area contributed by atoms with Crippen molar-refractivity contribution in [3.05, 3.63) is 24.3 Å². The van der Waals surface area contributed by atoms with Crippen LogP contribution in [0.25, 0.3) is 0 Å². The Morgan fingerprint density at radius 1 is 1.05 bits per heavy atom. The molecule has 120 valence electrons. The van der Waals surface area contributed by atoms with Crippen molar-refractivity contribution in [2.75, 3.05) is 19.8 Å². The molecule has 1 N–H and O–H groups in total. The molecule has 1 aromatic rings. The molecule has 0 saturated heterocycles. The van der Waals surface area contributed by atoms with E-state index >= 15 is 0 Å². The lowest BCUT2D eigenvalue weighted by Gasteiger charge is -2.14. The first-order valence-electron chi connectivity index (χ1n) is 6.48. The van der Waals surface area contributed by atoms with Gasteiger partial charge in [-0.15, -0.1) is 0 Å². The Labute approximate surface area is 121 Å². The van der Waals surface area contributed by atoms with E-state index in [1.54, 1.807) is 24.3 Å². The zero-order valence-corrected chi connectivity index (χ0v) is 11.9. The van der Waals surface area contributed by atoms with Gasteiger partial charge < -0.3 is 19.3 Å². The number of halogens is 3. The van der Waals surface area contributed by atoms with Crippen LogP contribution >= 0.6 is 0 Å². The maximum atomic E-state index is 11.8. The average molecular weight is 308 g/mol. The smallest absolute Gasteiger partial charge is 0.411 e. The van der Waals surface area contributed by atoms with E-state index in [1.165, 1.54) is 0 Å². The van der Waals surface area contributed by atoms with Crippen LogP contribution in [0.2, 0.25) is 0 Å². The second kappa shape index (κ2) is 8.09. The fraction of sp³-hybridized carbons (Fsp3) is 0.571. The van der Waals surface area contributed by atoms with Gasteiger partial charge in [0.25, 0.3) is 0 Å². The summed E-state index contributed by atoms with van der Waals surface area (Å²) < 4.78 is 50.5. The van der Waals surface area contributed by atoms with Crippen LogP contribution < -0.4 is 9.47 Å². The standard InChI is InChI=1S/C14H19F3O4/c1-10(2)21-13-5-3-12(4-6-13)20-8-11(18)7-19-9-14(15,16)17/h3-6,10-11,18H,7-9H2,1-2H3. The van der Waals surface area contributed by atoms with E-state index in [0.717, 1.165) is 0 Å². The maximum Gasteiger partial charge on any atom is 0.411 e. The number of benzene rings is 1. The van der Waals surface area contributed by atoms with E-state index in [4.69, 9.17) is 9.47 Å². The molecule has 1 rings (SSSR count). The number of alkyl halides is 3. The molecular weight excluding hydrogens is 289 g/mol. The molecule has 1 unspecified atom stereocenters. The van der Waals surface area contributed by atoms with Crippen LogP contribution in [0, 0.1) is 0 Å². The van der Waals surface area contributed by atoms with E-state index in [-0.39, 0.29) is 12.7 Å². The number of ether oxygens (including phenoxy) is 3. The summed E-state index contributed by atoms with van der Waals surface area (Å²) in [5.41, 5.74) is 0. The highest BCUT2D eigenvalue weighted by molar-refractivity contribution is 5.31. The molecule has 0 aliphatic heterocycles. The second-order valence-corrected chi connectivity index (χ2v) is 4.73. The highest BCUT2D eigenvalue weighted by Crippen LogP contribution is 2.19. The van der Waals surface area contributed by atoms with E-state index < -0.39 is 25.5 Å². The Bertz CT molecular complexity index is 404. The van der Waals surface area contributed by atoms with E-state index in [9.17, 15) is 18.3 Å². The fourth-order valence-electron chi connectivity index (χ4n) is 1.44. The molecule has 1 aromatic carbocycles. The highest BCUT2D eigenvalue weighted by atomic mass is 19.4. The Balaban J connectivity index is 2.28. The van der Waals surface area contributed by atoms with Gasteiger partial charge in [0.2, 0.25) is 0 Å². The molecule has 0 bridgehead atoms. The molecule has 0 radical (unpaired) electrons. The van der Waals surface area contributed by atoms with Gasteiger partial charge in [-0.3, -0.25) is 0 Å². The number of aliphatic hydroxyl groups is 1. The zero-order chi connectivity index (χ0) is 15.9. The Hall–Kier alpha value is -1.47. The quantitative estimate of drug-likeness (QED) is 0.802. The largest absolute Gasteiger partial charge is 0.491 e. The van der Waals surface area contributed by atoms with Gasteiger partial charge >= 0.3 is 6.18 Å². The molecule has 0 aliphatic rings. The van der Waals surface area contributed by atoms with Crippen LogP contribution in [0.3, 0.4) is 0 Å². The normalized spacial score (nSPS) is 13.3. The van der Waals surface area contributed by atoms with Crippen LogP contribution in [-0.2, 0) is 4.74 Å². The minimum absolute atomic E-state index is 0.0596. The van der Waals surface area contributed by atoms with Crippen molar-refractivity contribution in [3.8, 4) is 11.5 Å². The molecule has 0 heterocycles. The van der Waals surface area contributed by atoms with Crippen molar-refractivity contribution in [3.63, 3.8) is 0 Å². The molecule has 0 spiro atoms. The van der Waals surface area contributed by atoms with E-state index in [0.29, 0.717) is 11.5 Å². The fourth-order valence-corrected chi connectivity index (χ4v) is 1.44. The summed E-state index contributed by atoms with van der Waals surface area (Å²) in [6.45, 7) is 1.84. The zero-order valence-electron chi connectivity index (χ0n) is 11.9. The average Bonchev–Trinajstić information content (AvgIpc) is 2.36. The summed E-state index contributed by atoms with van der Waals surface area (Å²) in [6, 6.07) is 6.73. The van der Waals surface area contributed by atoms with Crippen molar-refractivity contribution < 1.29 is 32.5 Å². The third-order valence-corrected chi connectivity index (χ3v) is 2.21. The van der Waals surface area contributed by atoms with Gasteiger partial charge in [0.05, 0.1) is 12.7 Å². The third-order valence-electron chi connectivity index (χ3n) is 2.21. The van der Waals surface area contributed by atoms with Crippen LogP contribution in [0.1, 0.15) is 13.8 Å². The number of rotatable bonds is 8. The van der Waals surface area contributed by atoms with Crippen molar-refractivity contribution in [2.24, 2.45) is 0 Å². The first-order chi connectivity index (χ1) is 9.76. The summed E-state index contributed by atoms with van der Waals surface area (Å²) in [4.78, 5) is 0. The number of aliphatic hydroxyl groups excluding tert-OH is 1.